The average molecular weight is 417 g/mol. The van der Waals surface area contributed by atoms with Crippen LogP contribution in [-0.4, -0.2) is 22.0 Å². The Kier molecular flexibility index (Phi) is 7.28. The summed E-state index contributed by atoms with van der Waals surface area (Å²) in [5.41, 5.74) is 3.04. The third-order valence-electron chi connectivity index (χ3n) is 3.56. The SMILES string of the molecule is CCc1sc(NC(=O)c2ccc([N+](=O)[O-])s2)nc1-c1ccc(C)cc1.O=C=O. The quantitative estimate of drug-likeness (QED) is 0.488. The number of carbonyl (C=O) groups excluding carboxylic acids is 3. The van der Waals surface area contributed by atoms with Crippen molar-refractivity contribution in [2.24, 2.45) is 0 Å². The van der Waals surface area contributed by atoms with E-state index in [2.05, 4.69) is 10.3 Å². The number of nitrogens with zero attached hydrogens (tertiary/aromatic N) is 2. The van der Waals surface area contributed by atoms with Gasteiger partial charge in [-0.25, -0.2) is 4.98 Å². The van der Waals surface area contributed by atoms with Gasteiger partial charge in [0.25, 0.3) is 5.91 Å². The molecule has 0 spiro atoms. The van der Waals surface area contributed by atoms with Gasteiger partial charge in [-0.3, -0.25) is 20.2 Å². The molecular formula is C18H15N3O5S2. The molecule has 0 aliphatic rings. The van der Waals surface area contributed by atoms with E-state index < -0.39 is 4.92 Å². The van der Waals surface area contributed by atoms with Gasteiger partial charge in [0.05, 0.1) is 15.5 Å². The highest BCUT2D eigenvalue weighted by atomic mass is 32.1. The number of hydrogen-bond acceptors (Lipinski definition) is 8. The van der Waals surface area contributed by atoms with Gasteiger partial charge in [0.15, 0.2) is 5.13 Å². The van der Waals surface area contributed by atoms with Crippen LogP contribution < -0.4 is 5.32 Å². The summed E-state index contributed by atoms with van der Waals surface area (Å²) in [6.45, 7) is 4.07. The Hall–Kier alpha value is -3.20. The number of carbonyl (C=O) groups is 1. The Bertz CT molecular complexity index is 1020. The molecule has 2 aromatic heterocycles. The Morgan fingerprint density at radius 2 is 1.82 bits per heavy atom. The lowest BCUT2D eigenvalue weighted by molar-refractivity contribution is -0.380. The topological polar surface area (TPSA) is 119 Å². The van der Waals surface area contributed by atoms with Crippen molar-refractivity contribution in [3.63, 3.8) is 0 Å². The average Bonchev–Trinajstić information content (AvgIpc) is 3.30. The molecule has 10 heteroatoms. The van der Waals surface area contributed by atoms with E-state index >= 15 is 0 Å². The van der Waals surface area contributed by atoms with Crippen molar-refractivity contribution in [3.05, 3.63) is 61.8 Å². The maximum absolute atomic E-state index is 12.3. The molecule has 0 radical (unpaired) electrons. The van der Waals surface area contributed by atoms with Crippen LogP contribution in [0.15, 0.2) is 36.4 Å². The molecule has 0 aliphatic heterocycles. The minimum absolute atomic E-state index is 0.0566. The number of amides is 1. The fourth-order valence-electron chi connectivity index (χ4n) is 2.29. The monoisotopic (exact) mass is 417 g/mol. The molecule has 0 atom stereocenters. The van der Waals surface area contributed by atoms with Crippen molar-refractivity contribution in [2.75, 3.05) is 5.32 Å². The minimum Gasteiger partial charge on any atom is -0.297 e. The number of nitro groups is 1. The van der Waals surface area contributed by atoms with Gasteiger partial charge in [0, 0.05) is 16.5 Å². The lowest BCUT2D eigenvalue weighted by Crippen LogP contribution is -2.09. The smallest absolute Gasteiger partial charge is 0.297 e. The second-order valence-corrected chi connectivity index (χ2v) is 7.59. The summed E-state index contributed by atoms with van der Waals surface area (Å²) in [4.78, 5) is 44.7. The fraction of sp³-hybridized carbons (Fsp3) is 0.167. The van der Waals surface area contributed by atoms with Crippen molar-refractivity contribution in [2.45, 2.75) is 20.3 Å². The number of hydrogen-bond donors (Lipinski definition) is 1. The summed E-state index contributed by atoms with van der Waals surface area (Å²) in [6, 6.07) is 10.9. The Balaban J connectivity index is 0.000000878. The maximum Gasteiger partial charge on any atom is 0.373 e. The predicted octanol–water partition coefficient (Wildman–Crippen LogP) is 4.32. The first-order valence-electron chi connectivity index (χ1n) is 8.01. The van der Waals surface area contributed by atoms with Crippen molar-refractivity contribution in [1.82, 2.24) is 4.98 Å². The predicted molar refractivity (Wildman–Crippen MR) is 106 cm³/mol. The molecule has 1 amide bonds. The Morgan fingerprint density at radius 1 is 1.18 bits per heavy atom. The number of benzene rings is 1. The van der Waals surface area contributed by atoms with Crippen LogP contribution in [0.5, 0.6) is 0 Å². The van der Waals surface area contributed by atoms with Crippen LogP contribution in [0, 0.1) is 17.0 Å². The molecule has 1 N–H and O–H groups in total. The van der Waals surface area contributed by atoms with Crippen LogP contribution in [0.25, 0.3) is 11.3 Å². The highest BCUT2D eigenvalue weighted by Gasteiger charge is 2.18. The summed E-state index contributed by atoms with van der Waals surface area (Å²) in [5, 5.41) is 13.9. The van der Waals surface area contributed by atoms with E-state index in [0.29, 0.717) is 5.13 Å². The molecule has 0 fully saturated rings. The molecule has 0 unspecified atom stereocenters. The zero-order valence-electron chi connectivity index (χ0n) is 14.9. The van der Waals surface area contributed by atoms with Gasteiger partial charge in [-0.1, -0.05) is 48.1 Å². The van der Waals surface area contributed by atoms with E-state index in [1.54, 1.807) is 0 Å². The molecule has 0 saturated heterocycles. The standard InChI is InChI=1S/C17H15N3O3S2.CO2/c1-3-12-15(11-6-4-10(2)5-7-11)18-17(25-12)19-16(21)13-8-9-14(24-13)20(22)23;2-1-3/h4-9H,3H2,1-2H3,(H,18,19,21);. The number of nitrogens with one attached hydrogen (secondary N) is 1. The second-order valence-electron chi connectivity index (χ2n) is 5.44. The molecule has 1 aromatic carbocycles. The van der Waals surface area contributed by atoms with E-state index in [9.17, 15) is 14.9 Å². The molecule has 0 aliphatic carbocycles. The van der Waals surface area contributed by atoms with Gasteiger partial charge in [-0.05, 0) is 19.4 Å². The molecule has 3 rings (SSSR count). The molecular weight excluding hydrogens is 402 g/mol. The lowest BCUT2D eigenvalue weighted by atomic mass is 10.1. The normalized spacial score (nSPS) is 9.79. The van der Waals surface area contributed by atoms with Crippen LogP contribution in [0.4, 0.5) is 10.1 Å². The van der Waals surface area contributed by atoms with Gasteiger partial charge in [0.1, 0.15) is 0 Å². The third kappa shape index (κ3) is 5.17. The number of rotatable bonds is 5. The molecule has 28 heavy (non-hydrogen) atoms. The van der Waals surface area contributed by atoms with E-state index in [4.69, 9.17) is 9.59 Å². The Morgan fingerprint density at radius 3 is 2.36 bits per heavy atom. The van der Waals surface area contributed by atoms with Crippen molar-refractivity contribution < 1.29 is 19.3 Å². The summed E-state index contributed by atoms with van der Waals surface area (Å²) in [5.74, 6) is -0.384. The molecule has 2 heterocycles. The number of thiazole rings is 1. The number of aryl methyl sites for hydroxylation is 2. The fourth-order valence-corrected chi connectivity index (χ4v) is 3.92. The van der Waals surface area contributed by atoms with Crippen molar-refractivity contribution >= 4 is 44.9 Å². The van der Waals surface area contributed by atoms with Crippen LogP contribution in [0.1, 0.15) is 27.0 Å². The van der Waals surface area contributed by atoms with Crippen LogP contribution in [0.2, 0.25) is 0 Å². The van der Waals surface area contributed by atoms with Gasteiger partial charge in [0.2, 0.25) is 0 Å². The number of anilines is 1. The Labute approximate surface area is 168 Å². The number of aromatic nitrogens is 1. The van der Waals surface area contributed by atoms with Crippen LogP contribution in [-0.2, 0) is 16.0 Å². The second kappa shape index (κ2) is 9.65. The largest absolute Gasteiger partial charge is 0.373 e. The first-order chi connectivity index (χ1) is 13.4. The zero-order chi connectivity index (χ0) is 20.7. The van der Waals surface area contributed by atoms with Gasteiger partial charge < -0.3 is 0 Å². The van der Waals surface area contributed by atoms with Gasteiger partial charge in [-0.2, -0.15) is 9.59 Å². The molecule has 0 bridgehead atoms. The summed E-state index contributed by atoms with van der Waals surface area (Å²) in [6.07, 6.45) is 1.06. The highest BCUT2D eigenvalue weighted by Crippen LogP contribution is 2.32. The maximum atomic E-state index is 12.3. The van der Waals surface area contributed by atoms with E-state index in [1.165, 1.54) is 29.0 Å². The molecule has 0 saturated carbocycles. The molecule has 3 aromatic rings. The highest BCUT2D eigenvalue weighted by molar-refractivity contribution is 7.18. The summed E-state index contributed by atoms with van der Waals surface area (Å²) < 4.78 is 0. The van der Waals surface area contributed by atoms with E-state index in [1.807, 2.05) is 38.1 Å². The van der Waals surface area contributed by atoms with Crippen molar-refractivity contribution in [1.29, 1.82) is 0 Å². The molecule has 144 valence electrons. The zero-order valence-corrected chi connectivity index (χ0v) is 16.6. The van der Waals surface area contributed by atoms with E-state index in [0.717, 1.165) is 33.9 Å². The van der Waals surface area contributed by atoms with Crippen LogP contribution >= 0.6 is 22.7 Å². The number of thiophene rings is 1. The van der Waals surface area contributed by atoms with Crippen LogP contribution in [0.3, 0.4) is 0 Å². The first kappa shape index (κ1) is 21.1. The third-order valence-corrected chi connectivity index (χ3v) is 5.71. The minimum atomic E-state index is -0.504. The summed E-state index contributed by atoms with van der Waals surface area (Å²) in [7, 11) is 0. The lowest BCUT2D eigenvalue weighted by Gasteiger charge is -2.00. The van der Waals surface area contributed by atoms with E-state index in [-0.39, 0.29) is 21.9 Å². The molecule has 8 nitrogen and oxygen atoms in total. The first-order valence-corrected chi connectivity index (χ1v) is 9.64. The van der Waals surface area contributed by atoms with Crippen molar-refractivity contribution in [3.8, 4) is 11.3 Å². The van der Waals surface area contributed by atoms with Gasteiger partial charge >= 0.3 is 11.2 Å². The van der Waals surface area contributed by atoms with Gasteiger partial charge in [-0.15, -0.1) is 11.3 Å². The summed E-state index contributed by atoms with van der Waals surface area (Å²) >= 11 is 2.27.